The number of ether oxygens (including phenoxy) is 1. The molecule has 6 nitrogen and oxygen atoms in total. The number of carbonyl (C=O) groups excluding carboxylic acids is 2. The van der Waals surface area contributed by atoms with Gasteiger partial charge in [-0.25, -0.2) is 13.6 Å². The van der Waals surface area contributed by atoms with Gasteiger partial charge >= 0.3 is 5.97 Å². The molecule has 1 fully saturated rings. The molecule has 1 amide bonds. The van der Waals surface area contributed by atoms with Crippen molar-refractivity contribution in [1.29, 1.82) is 0 Å². The Morgan fingerprint density at radius 3 is 2.41 bits per heavy atom. The van der Waals surface area contributed by atoms with Crippen LogP contribution < -0.4 is 0 Å². The van der Waals surface area contributed by atoms with E-state index in [-0.39, 0.29) is 30.1 Å². The Balaban J connectivity index is 1.56. The Kier molecular flexibility index (Phi) is 6.30. The molecule has 0 bridgehead atoms. The number of likely N-dealkylation sites (tertiary alicyclic amines) is 1. The maximum absolute atomic E-state index is 13.5. The van der Waals surface area contributed by atoms with Crippen LogP contribution in [0.5, 0.6) is 0 Å². The van der Waals surface area contributed by atoms with E-state index in [4.69, 9.17) is 4.74 Å². The van der Waals surface area contributed by atoms with Crippen LogP contribution in [0.2, 0.25) is 0 Å². The van der Waals surface area contributed by atoms with E-state index < -0.39 is 11.8 Å². The number of hydrogen-bond donors (Lipinski definition) is 0. The lowest BCUT2D eigenvalue weighted by molar-refractivity contribution is 0.0517. The van der Waals surface area contributed by atoms with Crippen molar-refractivity contribution in [3.8, 4) is 11.3 Å². The highest BCUT2D eigenvalue weighted by atomic mass is 19.1. The van der Waals surface area contributed by atoms with Crippen LogP contribution in [0.1, 0.15) is 46.7 Å². The Morgan fingerprint density at radius 1 is 1.03 bits per heavy atom. The van der Waals surface area contributed by atoms with E-state index >= 15 is 0 Å². The molecule has 0 atom stereocenters. The predicted octanol–water partition coefficient (Wildman–Crippen LogP) is 4.48. The number of hydrogen-bond acceptors (Lipinski definition) is 4. The van der Waals surface area contributed by atoms with Crippen molar-refractivity contribution in [3.63, 3.8) is 0 Å². The van der Waals surface area contributed by atoms with Crippen LogP contribution in [0.4, 0.5) is 8.78 Å². The van der Waals surface area contributed by atoms with Gasteiger partial charge in [-0.2, -0.15) is 5.10 Å². The van der Waals surface area contributed by atoms with E-state index in [2.05, 4.69) is 5.10 Å². The van der Waals surface area contributed by atoms with Gasteiger partial charge in [-0.15, -0.1) is 0 Å². The third-order valence-electron chi connectivity index (χ3n) is 5.53. The first-order valence-corrected chi connectivity index (χ1v) is 10.5. The van der Waals surface area contributed by atoms with E-state index in [0.29, 0.717) is 37.2 Å². The zero-order valence-electron chi connectivity index (χ0n) is 17.6. The maximum Gasteiger partial charge on any atom is 0.358 e. The zero-order valence-corrected chi connectivity index (χ0v) is 17.6. The standard InChI is InChI=1S/C24H23F2N3O3/c1-2-32-24(31)21-15-22(16-6-8-18(25)9-7-16)29(27-21)20-10-12-28(13-11-20)23(30)17-4-3-5-19(26)14-17/h3-9,14-15,20H,2,10-13H2,1H3. The maximum atomic E-state index is 13.5. The van der Waals surface area contributed by atoms with Gasteiger partial charge < -0.3 is 9.64 Å². The molecule has 0 unspecified atom stereocenters. The number of nitrogens with zero attached hydrogens (tertiary/aromatic N) is 3. The molecule has 0 aliphatic carbocycles. The molecule has 1 saturated heterocycles. The highest BCUT2D eigenvalue weighted by Gasteiger charge is 2.28. The van der Waals surface area contributed by atoms with Crippen LogP contribution in [-0.4, -0.2) is 46.3 Å². The van der Waals surface area contributed by atoms with Gasteiger partial charge in [0.1, 0.15) is 11.6 Å². The summed E-state index contributed by atoms with van der Waals surface area (Å²) in [7, 11) is 0. The number of piperidine rings is 1. The average molecular weight is 439 g/mol. The number of halogens is 2. The minimum atomic E-state index is -0.520. The molecule has 4 rings (SSSR count). The summed E-state index contributed by atoms with van der Waals surface area (Å²) in [5.74, 6) is -1.53. The Hall–Kier alpha value is -3.55. The van der Waals surface area contributed by atoms with Crippen molar-refractivity contribution < 1.29 is 23.1 Å². The molecule has 1 aromatic heterocycles. The lowest BCUT2D eigenvalue weighted by Gasteiger charge is -2.33. The summed E-state index contributed by atoms with van der Waals surface area (Å²) >= 11 is 0. The fraction of sp³-hybridized carbons (Fsp3) is 0.292. The second kappa shape index (κ2) is 9.30. The van der Waals surface area contributed by atoms with Crippen LogP contribution in [0.25, 0.3) is 11.3 Å². The SMILES string of the molecule is CCOC(=O)c1cc(-c2ccc(F)cc2)n(C2CCN(C(=O)c3cccc(F)c3)CC2)n1. The molecular weight excluding hydrogens is 416 g/mol. The number of amides is 1. The third-order valence-corrected chi connectivity index (χ3v) is 5.53. The van der Waals surface area contributed by atoms with Gasteiger partial charge in [-0.05, 0) is 68.3 Å². The molecular formula is C24H23F2N3O3. The molecule has 2 heterocycles. The molecule has 0 saturated carbocycles. The van der Waals surface area contributed by atoms with Crippen molar-refractivity contribution >= 4 is 11.9 Å². The number of esters is 1. The first-order valence-electron chi connectivity index (χ1n) is 10.5. The number of carbonyl (C=O) groups is 2. The smallest absolute Gasteiger partial charge is 0.358 e. The Labute approximate surface area is 184 Å². The summed E-state index contributed by atoms with van der Waals surface area (Å²) in [4.78, 5) is 26.7. The summed E-state index contributed by atoms with van der Waals surface area (Å²) in [6, 6.07) is 13.2. The molecule has 32 heavy (non-hydrogen) atoms. The first-order chi connectivity index (χ1) is 15.5. The predicted molar refractivity (Wildman–Crippen MR) is 114 cm³/mol. The Bertz CT molecular complexity index is 1120. The second-order valence-electron chi connectivity index (χ2n) is 7.62. The van der Waals surface area contributed by atoms with Gasteiger partial charge in [-0.1, -0.05) is 6.07 Å². The minimum absolute atomic E-state index is 0.0604. The summed E-state index contributed by atoms with van der Waals surface area (Å²) < 4.78 is 33.8. The van der Waals surface area contributed by atoms with Crippen LogP contribution in [-0.2, 0) is 4.74 Å². The van der Waals surface area contributed by atoms with Crippen molar-refractivity contribution in [2.45, 2.75) is 25.8 Å². The number of rotatable bonds is 5. The molecule has 3 aromatic rings. The van der Waals surface area contributed by atoms with Crippen LogP contribution in [0.3, 0.4) is 0 Å². The molecule has 1 aliphatic rings. The molecule has 0 N–H and O–H groups in total. The van der Waals surface area contributed by atoms with Gasteiger partial charge in [0, 0.05) is 24.2 Å². The third kappa shape index (κ3) is 4.54. The van der Waals surface area contributed by atoms with Gasteiger partial charge in [0.15, 0.2) is 5.69 Å². The monoisotopic (exact) mass is 439 g/mol. The Morgan fingerprint density at radius 2 is 1.75 bits per heavy atom. The lowest BCUT2D eigenvalue weighted by Crippen LogP contribution is -2.39. The van der Waals surface area contributed by atoms with E-state index in [1.165, 1.54) is 30.3 Å². The van der Waals surface area contributed by atoms with Crippen LogP contribution >= 0.6 is 0 Å². The summed E-state index contributed by atoms with van der Waals surface area (Å²) in [6.07, 6.45) is 1.22. The van der Waals surface area contributed by atoms with Crippen LogP contribution in [0, 0.1) is 11.6 Å². The fourth-order valence-electron chi connectivity index (χ4n) is 3.93. The quantitative estimate of drug-likeness (QED) is 0.550. The number of benzene rings is 2. The minimum Gasteiger partial charge on any atom is -0.461 e. The average Bonchev–Trinajstić information content (AvgIpc) is 3.25. The molecule has 1 aliphatic heterocycles. The highest BCUT2D eigenvalue weighted by molar-refractivity contribution is 5.94. The van der Waals surface area contributed by atoms with E-state index in [1.807, 2.05) is 0 Å². The molecule has 8 heteroatoms. The molecule has 0 spiro atoms. The van der Waals surface area contributed by atoms with Gasteiger partial charge in [0.05, 0.1) is 18.3 Å². The fourth-order valence-corrected chi connectivity index (χ4v) is 3.93. The molecule has 2 aromatic carbocycles. The van der Waals surface area contributed by atoms with E-state index in [0.717, 1.165) is 5.56 Å². The zero-order chi connectivity index (χ0) is 22.7. The van der Waals surface area contributed by atoms with Crippen molar-refractivity contribution in [2.75, 3.05) is 19.7 Å². The lowest BCUT2D eigenvalue weighted by atomic mass is 10.0. The molecule has 166 valence electrons. The topological polar surface area (TPSA) is 64.4 Å². The summed E-state index contributed by atoms with van der Waals surface area (Å²) in [6.45, 7) is 2.90. The van der Waals surface area contributed by atoms with E-state index in [9.17, 15) is 18.4 Å². The normalized spacial score (nSPS) is 14.4. The first kappa shape index (κ1) is 21.7. The second-order valence-corrected chi connectivity index (χ2v) is 7.62. The summed E-state index contributed by atoms with van der Waals surface area (Å²) in [5, 5.41) is 4.49. The van der Waals surface area contributed by atoms with Crippen molar-refractivity contribution in [3.05, 3.63) is 77.5 Å². The van der Waals surface area contributed by atoms with E-state index in [1.54, 1.807) is 40.8 Å². The van der Waals surface area contributed by atoms with Gasteiger partial charge in [-0.3, -0.25) is 9.48 Å². The van der Waals surface area contributed by atoms with Gasteiger partial charge in [0.2, 0.25) is 0 Å². The highest BCUT2D eigenvalue weighted by Crippen LogP contribution is 2.30. The van der Waals surface area contributed by atoms with Crippen molar-refractivity contribution in [1.82, 2.24) is 14.7 Å². The number of aromatic nitrogens is 2. The van der Waals surface area contributed by atoms with Gasteiger partial charge in [0.25, 0.3) is 5.91 Å². The van der Waals surface area contributed by atoms with Crippen LogP contribution in [0.15, 0.2) is 54.6 Å². The van der Waals surface area contributed by atoms with Crippen molar-refractivity contribution in [2.24, 2.45) is 0 Å². The summed E-state index contributed by atoms with van der Waals surface area (Å²) in [5.41, 5.74) is 1.92. The largest absolute Gasteiger partial charge is 0.461 e. The molecule has 0 radical (unpaired) electrons.